The molecule has 0 atom stereocenters. The first kappa shape index (κ1) is 12.8. The van der Waals surface area contributed by atoms with Crippen LogP contribution in [0.15, 0.2) is 18.3 Å². The average molecular weight is 248 g/mol. The maximum atomic E-state index is 11.3. The molecule has 0 bridgehead atoms. The third kappa shape index (κ3) is 3.43. The lowest BCUT2D eigenvalue weighted by molar-refractivity contribution is -0.120. The van der Waals surface area contributed by atoms with Crippen molar-refractivity contribution in [1.29, 1.82) is 0 Å². The molecule has 0 unspecified atom stereocenters. The number of rotatable bonds is 4. The van der Waals surface area contributed by atoms with Gasteiger partial charge in [-0.15, -0.1) is 0 Å². The number of hydrogen-bond donors (Lipinski definition) is 2. The van der Waals surface area contributed by atoms with Gasteiger partial charge in [-0.05, 0) is 18.2 Å². The molecule has 1 fully saturated rings. The highest BCUT2D eigenvalue weighted by Crippen LogP contribution is 2.12. The first-order valence-electron chi connectivity index (χ1n) is 6.47. The van der Waals surface area contributed by atoms with Gasteiger partial charge in [0.05, 0.1) is 0 Å². The van der Waals surface area contributed by atoms with Crippen LogP contribution < -0.4 is 15.5 Å². The average Bonchev–Trinajstić information content (AvgIpc) is 2.62. The van der Waals surface area contributed by atoms with Crippen molar-refractivity contribution in [2.45, 2.75) is 19.9 Å². The van der Waals surface area contributed by atoms with Crippen molar-refractivity contribution in [2.75, 3.05) is 31.1 Å². The zero-order valence-electron chi connectivity index (χ0n) is 10.8. The van der Waals surface area contributed by atoms with E-state index in [0.29, 0.717) is 13.0 Å². The minimum Gasteiger partial charge on any atom is -0.354 e. The van der Waals surface area contributed by atoms with Crippen LogP contribution in [0.3, 0.4) is 0 Å². The quantitative estimate of drug-likeness (QED) is 0.815. The number of carbonyl (C=O) groups excluding carboxylic acids is 1. The molecule has 1 aromatic heterocycles. The number of nitrogens with one attached hydrogen (secondary N) is 2. The molecule has 2 N–H and O–H groups in total. The highest BCUT2D eigenvalue weighted by atomic mass is 16.1. The molecule has 1 saturated heterocycles. The summed E-state index contributed by atoms with van der Waals surface area (Å²) in [5, 5.41) is 6.14. The molecule has 18 heavy (non-hydrogen) atoms. The highest BCUT2D eigenvalue weighted by Gasteiger charge is 2.14. The summed E-state index contributed by atoms with van der Waals surface area (Å²) in [5.41, 5.74) is 1.18. The fraction of sp³-hybridized carbons (Fsp3) is 0.538. The largest absolute Gasteiger partial charge is 0.354 e. The maximum Gasteiger partial charge on any atom is 0.221 e. The van der Waals surface area contributed by atoms with E-state index in [-0.39, 0.29) is 5.91 Å². The SMILES string of the molecule is CCNCc1ccc(N2CCNC(=O)CC2)nc1. The van der Waals surface area contributed by atoms with E-state index in [1.165, 1.54) is 5.56 Å². The van der Waals surface area contributed by atoms with Gasteiger partial charge >= 0.3 is 0 Å². The summed E-state index contributed by atoms with van der Waals surface area (Å²) in [6.07, 6.45) is 2.44. The molecular formula is C13H20N4O. The molecule has 5 heteroatoms. The molecule has 1 aliphatic rings. The Kier molecular flexibility index (Phi) is 4.52. The fourth-order valence-electron chi connectivity index (χ4n) is 1.97. The third-order valence-corrected chi connectivity index (χ3v) is 3.02. The molecular weight excluding hydrogens is 228 g/mol. The number of pyridine rings is 1. The smallest absolute Gasteiger partial charge is 0.221 e. The molecule has 0 saturated carbocycles. The second-order valence-corrected chi connectivity index (χ2v) is 4.39. The zero-order chi connectivity index (χ0) is 12.8. The van der Waals surface area contributed by atoms with E-state index in [1.807, 2.05) is 12.3 Å². The number of anilines is 1. The van der Waals surface area contributed by atoms with E-state index in [9.17, 15) is 4.79 Å². The fourth-order valence-corrected chi connectivity index (χ4v) is 1.97. The third-order valence-electron chi connectivity index (χ3n) is 3.02. The van der Waals surface area contributed by atoms with E-state index >= 15 is 0 Å². The predicted molar refractivity (Wildman–Crippen MR) is 71.5 cm³/mol. The molecule has 0 aliphatic carbocycles. The Labute approximate surface area is 108 Å². The summed E-state index contributed by atoms with van der Waals surface area (Å²) >= 11 is 0. The molecule has 2 rings (SSSR count). The van der Waals surface area contributed by atoms with Crippen molar-refractivity contribution in [1.82, 2.24) is 15.6 Å². The van der Waals surface area contributed by atoms with E-state index in [0.717, 1.165) is 32.0 Å². The van der Waals surface area contributed by atoms with Crippen LogP contribution in [-0.4, -0.2) is 37.1 Å². The van der Waals surface area contributed by atoms with Crippen molar-refractivity contribution in [2.24, 2.45) is 0 Å². The van der Waals surface area contributed by atoms with Crippen molar-refractivity contribution < 1.29 is 4.79 Å². The number of carbonyl (C=O) groups is 1. The van der Waals surface area contributed by atoms with Crippen molar-refractivity contribution in [3.8, 4) is 0 Å². The van der Waals surface area contributed by atoms with E-state index < -0.39 is 0 Å². The van der Waals surface area contributed by atoms with Crippen LogP contribution in [0.2, 0.25) is 0 Å². The van der Waals surface area contributed by atoms with Gasteiger partial charge in [0.15, 0.2) is 0 Å². The van der Waals surface area contributed by atoms with Gasteiger partial charge in [0.25, 0.3) is 0 Å². The first-order chi connectivity index (χ1) is 8.79. The topological polar surface area (TPSA) is 57.3 Å². The Hall–Kier alpha value is -1.62. The molecule has 1 aliphatic heterocycles. The van der Waals surface area contributed by atoms with Crippen LogP contribution in [-0.2, 0) is 11.3 Å². The number of aromatic nitrogens is 1. The van der Waals surface area contributed by atoms with Crippen LogP contribution in [0.25, 0.3) is 0 Å². The van der Waals surface area contributed by atoms with E-state index in [1.54, 1.807) is 0 Å². The van der Waals surface area contributed by atoms with Gasteiger partial charge < -0.3 is 15.5 Å². The molecule has 2 heterocycles. The van der Waals surface area contributed by atoms with Gasteiger partial charge in [-0.3, -0.25) is 4.79 Å². The Morgan fingerprint density at radius 2 is 2.33 bits per heavy atom. The Morgan fingerprint density at radius 3 is 3.06 bits per heavy atom. The lowest BCUT2D eigenvalue weighted by atomic mass is 10.2. The minimum absolute atomic E-state index is 0.126. The Balaban J connectivity index is 1.97. The molecule has 0 spiro atoms. The Morgan fingerprint density at radius 1 is 1.44 bits per heavy atom. The van der Waals surface area contributed by atoms with Gasteiger partial charge in [0.1, 0.15) is 5.82 Å². The second kappa shape index (κ2) is 6.35. The van der Waals surface area contributed by atoms with Gasteiger partial charge in [-0.1, -0.05) is 13.0 Å². The van der Waals surface area contributed by atoms with Crippen molar-refractivity contribution in [3.05, 3.63) is 23.9 Å². The van der Waals surface area contributed by atoms with Crippen LogP contribution in [0.5, 0.6) is 0 Å². The summed E-state index contributed by atoms with van der Waals surface area (Å²) in [7, 11) is 0. The van der Waals surface area contributed by atoms with Gasteiger partial charge in [-0.2, -0.15) is 0 Å². The second-order valence-electron chi connectivity index (χ2n) is 4.39. The lowest BCUT2D eigenvalue weighted by Crippen LogP contribution is -2.29. The van der Waals surface area contributed by atoms with E-state index in [4.69, 9.17) is 0 Å². The molecule has 0 radical (unpaired) electrons. The Bertz CT molecular complexity index is 390. The summed E-state index contributed by atoms with van der Waals surface area (Å²) in [5.74, 6) is 1.08. The summed E-state index contributed by atoms with van der Waals surface area (Å²) < 4.78 is 0. The molecule has 0 aromatic carbocycles. The number of amides is 1. The highest BCUT2D eigenvalue weighted by molar-refractivity contribution is 5.77. The normalized spacial score (nSPS) is 16.3. The van der Waals surface area contributed by atoms with Gasteiger partial charge in [0.2, 0.25) is 5.91 Å². The van der Waals surface area contributed by atoms with Crippen molar-refractivity contribution >= 4 is 11.7 Å². The standard InChI is InChI=1S/C13H20N4O/c1-2-14-9-11-3-4-12(16-10-11)17-7-5-13(18)15-6-8-17/h3-4,10,14H,2,5-9H2,1H3,(H,15,18). The zero-order valence-corrected chi connectivity index (χ0v) is 10.8. The molecule has 98 valence electrons. The minimum atomic E-state index is 0.126. The molecule has 1 aromatic rings. The van der Waals surface area contributed by atoms with Crippen molar-refractivity contribution in [3.63, 3.8) is 0 Å². The summed E-state index contributed by atoms with van der Waals surface area (Å²) in [6, 6.07) is 4.12. The predicted octanol–water partition coefficient (Wildman–Crippen LogP) is 0.517. The van der Waals surface area contributed by atoms with Gasteiger partial charge in [-0.25, -0.2) is 4.98 Å². The number of hydrogen-bond acceptors (Lipinski definition) is 4. The maximum absolute atomic E-state index is 11.3. The summed E-state index contributed by atoms with van der Waals surface area (Å²) in [6.45, 7) is 6.16. The first-order valence-corrected chi connectivity index (χ1v) is 6.47. The van der Waals surface area contributed by atoms with E-state index in [2.05, 4.69) is 33.5 Å². The van der Waals surface area contributed by atoms with Crippen LogP contribution in [0.1, 0.15) is 18.9 Å². The summed E-state index contributed by atoms with van der Waals surface area (Å²) in [4.78, 5) is 17.9. The monoisotopic (exact) mass is 248 g/mol. The van der Waals surface area contributed by atoms with Gasteiger partial charge in [0, 0.05) is 38.8 Å². The molecule has 5 nitrogen and oxygen atoms in total. The number of nitrogens with zero attached hydrogens (tertiary/aromatic N) is 2. The molecule has 1 amide bonds. The van der Waals surface area contributed by atoms with Crippen LogP contribution >= 0.6 is 0 Å². The lowest BCUT2D eigenvalue weighted by Gasteiger charge is -2.20. The van der Waals surface area contributed by atoms with Crippen LogP contribution in [0.4, 0.5) is 5.82 Å². The van der Waals surface area contributed by atoms with Crippen LogP contribution in [0, 0.1) is 0 Å².